The van der Waals surface area contributed by atoms with E-state index in [1.807, 2.05) is 48.5 Å². The molecule has 0 saturated heterocycles. The number of carbonyl (C=O) groups is 1. The number of amides is 1. The van der Waals surface area contributed by atoms with Gasteiger partial charge in [0.05, 0.1) is 0 Å². The monoisotopic (exact) mass is 538 g/mol. The van der Waals surface area contributed by atoms with E-state index in [4.69, 9.17) is 11.6 Å². The van der Waals surface area contributed by atoms with Gasteiger partial charge in [0, 0.05) is 43.2 Å². The number of anilines is 1. The molecule has 9 heteroatoms. The van der Waals surface area contributed by atoms with Gasteiger partial charge in [-0.3, -0.25) is 14.5 Å². The second-order valence-corrected chi connectivity index (χ2v) is 6.73. The third-order valence-electron chi connectivity index (χ3n) is 4.16. The average Bonchev–Trinajstić information content (AvgIpc) is 3.22. The van der Waals surface area contributed by atoms with Crippen LogP contribution < -0.4 is 16.0 Å². The molecule has 30 heavy (non-hydrogen) atoms. The highest BCUT2D eigenvalue weighted by Gasteiger charge is 2.05. The Morgan fingerprint density at radius 1 is 1.10 bits per heavy atom. The Labute approximate surface area is 197 Å². The quantitative estimate of drug-likeness (QED) is 0.244. The normalized spacial score (nSPS) is 10.8. The molecule has 3 rings (SSSR count). The molecule has 0 aliphatic carbocycles. The van der Waals surface area contributed by atoms with Crippen molar-refractivity contribution in [2.45, 2.75) is 19.6 Å². The molecule has 2 aromatic carbocycles. The molecule has 0 bridgehead atoms. The van der Waals surface area contributed by atoms with Crippen molar-refractivity contribution in [2.75, 3.05) is 12.4 Å². The third kappa shape index (κ3) is 7.34. The number of aromatic nitrogens is 2. The van der Waals surface area contributed by atoms with Gasteiger partial charge in [-0.2, -0.15) is 5.10 Å². The highest BCUT2D eigenvalue weighted by molar-refractivity contribution is 14.0. The Kier molecular flexibility index (Phi) is 9.62. The summed E-state index contributed by atoms with van der Waals surface area (Å²) in [6, 6.07) is 17.1. The number of hydrogen-bond acceptors (Lipinski definition) is 3. The highest BCUT2D eigenvalue weighted by Crippen LogP contribution is 2.14. The van der Waals surface area contributed by atoms with Gasteiger partial charge in [0.1, 0.15) is 6.54 Å². The molecule has 0 unspecified atom stereocenters. The zero-order valence-electron chi connectivity index (χ0n) is 16.5. The minimum atomic E-state index is -0.129. The molecular weight excluding hydrogens is 515 g/mol. The number of hydrogen-bond donors (Lipinski definition) is 3. The highest BCUT2D eigenvalue weighted by atomic mass is 127. The standard InChI is InChI=1S/C21H23ClN6O.HI/c1-23-21(25-14-17-7-2-3-9-19(17)22)24-13-16-6-4-8-18(12-16)27-20(29)15-28-11-5-10-26-28;/h2-12H,13-15H2,1H3,(H,27,29)(H2,23,24,25);1H. The first kappa shape index (κ1) is 23.7. The van der Waals surface area contributed by atoms with Crippen LogP contribution in [0.4, 0.5) is 5.69 Å². The van der Waals surface area contributed by atoms with Gasteiger partial charge in [-0.15, -0.1) is 24.0 Å². The average molecular weight is 539 g/mol. The predicted octanol–water partition coefficient (Wildman–Crippen LogP) is 3.66. The molecule has 3 N–H and O–H groups in total. The van der Waals surface area contributed by atoms with Crippen molar-refractivity contribution in [3.8, 4) is 0 Å². The fourth-order valence-corrected chi connectivity index (χ4v) is 2.93. The molecule has 0 radical (unpaired) electrons. The van der Waals surface area contributed by atoms with Crippen molar-refractivity contribution in [1.82, 2.24) is 20.4 Å². The maximum atomic E-state index is 12.1. The van der Waals surface area contributed by atoms with E-state index in [2.05, 4.69) is 26.0 Å². The zero-order valence-corrected chi connectivity index (χ0v) is 19.6. The van der Waals surface area contributed by atoms with Crippen LogP contribution in [-0.2, 0) is 24.4 Å². The minimum Gasteiger partial charge on any atom is -0.352 e. The summed E-state index contributed by atoms with van der Waals surface area (Å²) in [4.78, 5) is 16.4. The Bertz CT molecular complexity index is 977. The van der Waals surface area contributed by atoms with Crippen LogP contribution in [-0.4, -0.2) is 28.7 Å². The maximum absolute atomic E-state index is 12.1. The van der Waals surface area contributed by atoms with Gasteiger partial charge in [0.25, 0.3) is 0 Å². The Morgan fingerprint density at radius 2 is 1.90 bits per heavy atom. The maximum Gasteiger partial charge on any atom is 0.246 e. The van der Waals surface area contributed by atoms with Crippen LogP contribution in [0.2, 0.25) is 5.02 Å². The summed E-state index contributed by atoms with van der Waals surface area (Å²) in [7, 11) is 1.72. The van der Waals surface area contributed by atoms with E-state index in [-0.39, 0.29) is 36.4 Å². The second-order valence-electron chi connectivity index (χ2n) is 6.32. The van der Waals surface area contributed by atoms with E-state index in [0.717, 1.165) is 16.8 Å². The number of aliphatic imine (C=N–C) groups is 1. The van der Waals surface area contributed by atoms with Crippen LogP contribution in [0.25, 0.3) is 0 Å². The first-order valence-electron chi connectivity index (χ1n) is 9.18. The number of nitrogens with zero attached hydrogens (tertiary/aromatic N) is 3. The molecule has 0 saturated carbocycles. The Hall–Kier alpha value is -2.59. The van der Waals surface area contributed by atoms with Gasteiger partial charge in [-0.05, 0) is 35.4 Å². The lowest BCUT2D eigenvalue weighted by atomic mass is 10.2. The molecule has 7 nitrogen and oxygen atoms in total. The van der Waals surface area contributed by atoms with Gasteiger partial charge in [-0.1, -0.05) is 41.9 Å². The van der Waals surface area contributed by atoms with E-state index in [9.17, 15) is 4.79 Å². The van der Waals surface area contributed by atoms with Crippen molar-refractivity contribution in [1.29, 1.82) is 0 Å². The molecule has 0 fully saturated rings. The fourth-order valence-electron chi connectivity index (χ4n) is 2.73. The van der Waals surface area contributed by atoms with Crippen LogP contribution in [0.1, 0.15) is 11.1 Å². The number of carbonyl (C=O) groups excluding carboxylic acids is 1. The molecule has 3 aromatic rings. The molecule has 1 aromatic heterocycles. The number of halogens is 2. The number of rotatable bonds is 7. The van der Waals surface area contributed by atoms with Crippen molar-refractivity contribution < 1.29 is 4.79 Å². The topological polar surface area (TPSA) is 83.3 Å². The summed E-state index contributed by atoms with van der Waals surface area (Å²) < 4.78 is 1.58. The molecule has 1 heterocycles. The van der Waals surface area contributed by atoms with E-state index >= 15 is 0 Å². The van der Waals surface area contributed by atoms with Crippen molar-refractivity contribution in [3.63, 3.8) is 0 Å². The summed E-state index contributed by atoms with van der Waals surface area (Å²) in [5, 5.41) is 14.1. The molecule has 0 aliphatic heterocycles. The molecule has 0 aliphatic rings. The molecular formula is C21H24ClIN6O. The summed E-state index contributed by atoms with van der Waals surface area (Å²) in [6.45, 7) is 1.31. The lowest BCUT2D eigenvalue weighted by Gasteiger charge is -2.13. The summed E-state index contributed by atoms with van der Waals surface area (Å²) in [5.41, 5.74) is 2.75. The minimum absolute atomic E-state index is 0. The second kappa shape index (κ2) is 12.2. The van der Waals surface area contributed by atoms with Crippen molar-refractivity contribution >= 4 is 53.1 Å². The molecule has 0 spiro atoms. The summed E-state index contributed by atoms with van der Waals surface area (Å²) in [6.07, 6.45) is 3.40. The van der Waals surface area contributed by atoms with E-state index < -0.39 is 0 Å². The van der Waals surface area contributed by atoms with E-state index in [1.54, 1.807) is 30.2 Å². The summed E-state index contributed by atoms with van der Waals surface area (Å²) in [5.74, 6) is 0.536. The fraction of sp³-hybridized carbons (Fsp3) is 0.190. The zero-order chi connectivity index (χ0) is 20.5. The number of nitrogens with one attached hydrogen (secondary N) is 3. The predicted molar refractivity (Wildman–Crippen MR) is 131 cm³/mol. The van der Waals surface area contributed by atoms with E-state index in [0.29, 0.717) is 24.1 Å². The van der Waals surface area contributed by atoms with Crippen molar-refractivity contribution in [2.24, 2.45) is 4.99 Å². The largest absolute Gasteiger partial charge is 0.352 e. The van der Waals surface area contributed by atoms with Gasteiger partial charge < -0.3 is 16.0 Å². The number of benzene rings is 2. The van der Waals surface area contributed by atoms with Crippen molar-refractivity contribution in [3.05, 3.63) is 83.1 Å². The van der Waals surface area contributed by atoms with Gasteiger partial charge in [0.2, 0.25) is 5.91 Å². The van der Waals surface area contributed by atoms with Crippen LogP contribution >= 0.6 is 35.6 Å². The molecule has 158 valence electrons. The van der Waals surface area contributed by atoms with Gasteiger partial charge in [0.15, 0.2) is 5.96 Å². The number of guanidine groups is 1. The first-order valence-corrected chi connectivity index (χ1v) is 9.56. The Morgan fingerprint density at radius 3 is 2.63 bits per heavy atom. The first-order chi connectivity index (χ1) is 14.1. The van der Waals surface area contributed by atoms with Gasteiger partial charge in [-0.25, -0.2) is 0 Å². The van der Waals surface area contributed by atoms with Crippen LogP contribution in [0.15, 0.2) is 72.0 Å². The molecule has 1 amide bonds. The lowest BCUT2D eigenvalue weighted by molar-refractivity contribution is -0.116. The molecule has 0 atom stereocenters. The Balaban J connectivity index is 0.00000320. The smallest absolute Gasteiger partial charge is 0.246 e. The van der Waals surface area contributed by atoms with Crippen LogP contribution in [0, 0.1) is 0 Å². The van der Waals surface area contributed by atoms with Gasteiger partial charge >= 0.3 is 0 Å². The van der Waals surface area contributed by atoms with E-state index in [1.165, 1.54) is 0 Å². The lowest BCUT2D eigenvalue weighted by Crippen LogP contribution is -2.36. The SMILES string of the molecule is CN=C(NCc1cccc(NC(=O)Cn2cccn2)c1)NCc1ccccc1Cl.I. The third-order valence-corrected chi connectivity index (χ3v) is 4.53. The van der Waals surface area contributed by atoms with Crippen LogP contribution in [0.5, 0.6) is 0 Å². The summed E-state index contributed by atoms with van der Waals surface area (Å²) >= 11 is 6.19. The van der Waals surface area contributed by atoms with Crippen LogP contribution in [0.3, 0.4) is 0 Å².